The number of H-pyrrole nitrogens is 1. The Morgan fingerprint density at radius 1 is 0.944 bits per heavy atom. The number of benzene rings is 1. The van der Waals surface area contributed by atoms with E-state index >= 15 is 0 Å². The molecule has 0 spiro atoms. The SMILES string of the molecule is CCCCc1nc(CCCC)n(Cc2ccc(-n3ccc(C4CCCCC4)c3-c3nnn[nH]3)cc2)n1. The summed E-state index contributed by atoms with van der Waals surface area (Å²) >= 11 is 0. The van der Waals surface area contributed by atoms with Crippen molar-refractivity contribution in [3.05, 3.63) is 59.3 Å². The summed E-state index contributed by atoms with van der Waals surface area (Å²) in [5.41, 5.74) is 4.77. The maximum atomic E-state index is 4.86. The van der Waals surface area contributed by atoms with Gasteiger partial charge in [-0.2, -0.15) is 5.10 Å². The van der Waals surface area contributed by atoms with Gasteiger partial charge in [0.05, 0.1) is 12.2 Å². The highest BCUT2D eigenvalue weighted by molar-refractivity contribution is 5.61. The average molecular weight is 487 g/mol. The van der Waals surface area contributed by atoms with Crippen LogP contribution in [0.4, 0.5) is 0 Å². The van der Waals surface area contributed by atoms with Gasteiger partial charge in [-0.15, -0.1) is 5.10 Å². The number of aromatic amines is 1. The molecule has 0 amide bonds. The van der Waals surface area contributed by atoms with E-state index in [1.165, 1.54) is 43.2 Å². The molecule has 3 aromatic heterocycles. The lowest BCUT2D eigenvalue weighted by molar-refractivity contribution is 0.444. The maximum absolute atomic E-state index is 4.86. The second-order valence-corrected chi connectivity index (χ2v) is 10.0. The second kappa shape index (κ2) is 11.6. The van der Waals surface area contributed by atoms with Crippen LogP contribution in [0.25, 0.3) is 17.2 Å². The number of tetrazole rings is 1. The molecule has 5 rings (SSSR count). The number of aromatic nitrogens is 8. The molecule has 3 heterocycles. The van der Waals surface area contributed by atoms with Crippen molar-refractivity contribution in [2.24, 2.45) is 0 Å². The minimum atomic E-state index is 0.565. The van der Waals surface area contributed by atoms with Gasteiger partial charge in [0.15, 0.2) is 11.6 Å². The lowest BCUT2D eigenvalue weighted by Gasteiger charge is -2.22. The quantitative estimate of drug-likeness (QED) is 0.279. The molecule has 1 fully saturated rings. The van der Waals surface area contributed by atoms with Crippen LogP contribution in [0.2, 0.25) is 0 Å². The molecule has 1 saturated carbocycles. The minimum absolute atomic E-state index is 0.565. The predicted molar refractivity (Wildman–Crippen MR) is 141 cm³/mol. The normalized spacial score (nSPS) is 14.5. The lowest BCUT2D eigenvalue weighted by Crippen LogP contribution is -2.08. The van der Waals surface area contributed by atoms with Crippen LogP contribution in [0.5, 0.6) is 0 Å². The molecule has 4 aromatic rings. The van der Waals surface area contributed by atoms with E-state index in [0.717, 1.165) is 73.9 Å². The van der Waals surface area contributed by atoms with Crippen molar-refractivity contribution < 1.29 is 0 Å². The highest BCUT2D eigenvalue weighted by Crippen LogP contribution is 2.38. The van der Waals surface area contributed by atoms with E-state index in [9.17, 15) is 0 Å². The summed E-state index contributed by atoms with van der Waals surface area (Å²) in [6, 6.07) is 11.0. The van der Waals surface area contributed by atoms with Crippen LogP contribution in [-0.2, 0) is 19.4 Å². The Morgan fingerprint density at radius 2 is 1.72 bits per heavy atom. The molecule has 1 N–H and O–H groups in total. The zero-order valence-corrected chi connectivity index (χ0v) is 21.7. The van der Waals surface area contributed by atoms with Gasteiger partial charge in [-0.1, -0.05) is 58.1 Å². The number of nitrogens with one attached hydrogen (secondary N) is 1. The first-order valence-electron chi connectivity index (χ1n) is 13.7. The summed E-state index contributed by atoms with van der Waals surface area (Å²) in [4.78, 5) is 4.86. The van der Waals surface area contributed by atoms with Crippen LogP contribution in [-0.4, -0.2) is 40.0 Å². The summed E-state index contributed by atoms with van der Waals surface area (Å²) in [7, 11) is 0. The Morgan fingerprint density at radius 3 is 2.44 bits per heavy atom. The second-order valence-electron chi connectivity index (χ2n) is 10.0. The van der Waals surface area contributed by atoms with Gasteiger partial charge < -0.3 is 4.57 Å². The summed E-state index contributed by atoms with van der Waals surface area (Å²) in [5, 5.41) is 19.9. The maximum Gasteiger partial charge on any atom is 0.196 e. The molecule has 8 heteroatoms. The summed E-state index contributed by atoms with van der Waals surface area (Å²) in [6.07, 6.45) is 15.1. The molecule has 1 aliphatic carbocycles. The summed E-state index contributed by atoms with van der Waals surface area (Å²) < 4.78 is 4.33. The third-order valence-corrected chi connectivity index (χ3v) is 7.38. The zero-order chi connectivity index (χ0) is 24.7. The Hall–Kier alpha value is -3.29. The number of unbranched alkanes of at least 4 members (excludes halogenated alkanes) is 2. The monoisotopic (exact) mass is 486 g/mol. The molecule has 0 atom stereocenters. The van der Waals surface area contributed by atoms with Gasteiger partial charge in [0.2, 0.25) is 0 Å². The van der Waals surface area contributed by atoms with Crippen LogP contribution in [0.15, 0.2) is 36.5 Å². The van der Waals surface area contributed by atoms with Gasteiger partial charge in [-0.25, -0.2) is 14.8 Å². The first-order chi connectivity index (χ1) is 17.8. The molecule has 36 heavy (non-hydrogen) atoms. The van der Waals surface area contributed by atoms with Gasteiger partial charge in [-0.05, 0) is 71.4 Å². The lowest BCUT2D eigenvalue weighted by atomic mass is 9.84. The molecule has 1 aromatic carbocycles. The topological polar surface area (TPSA) is 90.1 Å². The third kappa shape index (κ3) is 5.42. The number of rotatable bonds is 11. The van der Waals surface area contributed by atoms with Crippen LogP contribution >= 0.6 is 0 Å². The molecule has 1 aliphatic rings. The van der Waals surface area contributed by atoms with Gasteiger partial charge in [0, 0.05) is 24.7 Å². The third-order valence-electron chi connectivity index (χ3n) is 7.38. The molecule has 0 aliphatic heterocycles. The van der Waals surface area contributed by atoms with Crippen LogP contribution in [0, 0.1) is 0 Å². The Balaban J connectivity index is 1.40. The molecular weight excluding hydrogens is 448 g/mol. The van der Waals surface area contributed by atoms with E-state index in [1.54, 1.807) is 0 Å². The first kappa shape index (κ1) is 24.4. The Kier molecular flexibility index (Phi) is 7.88. The molecule has 0 saturated heterocycles. The molecule has 0 bridgehead atoms. The molecule has 8 nitrogen and oxygen atoms in total. The van der Waals surface area contributed by atoms with E-state index in [-0.39, 0.29) is 0 Å². The average Bonchev–Trinajstić information content (AvgIpc) is 3.67. The fourth-order valence-corrected chi connectivity index (χ4v) is 5.36. The van der Waals surface area contributed by atoms with Gasteiger partial charge >= 0.3 is 0 Å². The van der Waals surface area contributed by atoms with Crippen LogP contribution in [0.1, 0.15) is 100 Å². The van der Waals surface area contributed by atoms with E-state index in [1.807, 2.05) is 0 Å². The number of aryl methyl sites for hydroxylation is 2. The summed E-state index contributed by atoms with van der Waals surface area (Å²) in [5.74, 6) is 3.38. The first-order valence-corrected chi connectivity index (χ1v) is 13.7. The highest BCUT2D eigenvalue weighted by atomic mass is 15.5. The Bertz CT molecular complexity index is 1210. The predicted octanol–water partition coefficient (Wildman–Crippen LogP) is 6.03. The van der Waals surface area contributed by atoms with E-state index in [2.05, 4.69) is 80.2 Å². The molecule has 0 radical (unpaired) electrons. The van der Waals surface area contributed by atoms with Crippen LogP contribution in [0.3, 0.4) is 0 Å². The van der Waals surface area contributed by atoms with E-state index < -0.39 is 0 Å². The number of nitrogens with zero attached hydrogens (tertiary/aromatic N) is 7. The zero-order valence-electron chi connectivity index (χ0n) is 21.7. The fraction of sp³-hybridized carbons (Fsp3) is 0.536. The van der Waals surface area contributed by atoms with E-state index in [0.29, 0.717) is 5.92 Å². The van der Waals surface area contributed by atoms with Crippen molar-refractivity contribution in [1.82, 2.24) is 40.0 Å². The van der Waals surface area contributed by atoms with Gasteiger partial charge in [0.1, 0.15) is 5.82 Å². The largest absolute Gasteiger partial charge is 0.314 e. The molecule has 190 valence electrons. The summed E-state index contributed by atoms with van der Waals surface area (Å²) in [6.45, 7) is 5.18. The van der Waals surface area contributed by atoms with Crippen molar-refractivity contribution in [2.45, 2.75) is 96.9 Å². The van der Waals surface area contributed by atoms with Crippen molar-refractivity contribution in [2.75, 3.05) is 0 Å². The van der Waals surface area contributed by atoms with E-state index in [4.69, 9.17) is 10.1 Å². The number of hydrogen-bond donors (Lipinski definition) is 1. The highest BCUT2D eigenvalue weighted by Gasteiger charge is 2.24. The van der Waals surface area contributed by atoms with Crippen molar-refractivity contribution in [3.63, 3.8) is 0 Å². The molecule has 0 unspecified atom stereocenters. The van der Waals surface area contributed by atoms with Crippen molar-refractivity contribution in [1.29, 1.82) is 0 Å². The van der Waals surface area contributed by atoms with Crippen LogP contribution < -0.4 is 0 Å². The molecular formula is C28H38N8. The Labute approximate surface area is 213 Å². The standard InChI is InChI=1S/C28H38N8/c1-3-5-12-25-29-26(13-6-4-2)36(32-25)20-21-14-16-23(17-15-21)35-19-18-24(22-10-8-7-9-11-22)27(35)28-30-33-34-31-28/h14-19,22H,3-13,20H2,1-2H3,(H,30,31,33,34). The van der Waals surface area contributed by atoms with Gasteiger partial charge in [0.25, 0.3) is 0 Å². The number of hydrogen-bond acceptors (Lipinski definition) is 5. The van der Waals surface area contributed by atoms with Crippen molar-refractivity contribution >= 4 is 0 Å². The van der Waals surface area contributed by atoms with Crippen molar-refractivity contribution in [3.8, 4) is 17.2 Å². The fourth-order valence-electron chi connectivity index (χ4n) is 5.36. The minimum Gasteiger partial charge on any atom is -0.314 e. The van der Waals surface area contributed by atoms with Gasteiger partial charge in [-0.3, -0.25) is 0 Å². The smallest absolute Gasteiger partial charge is 0.196 e.